The Labute approximate surface area is 187 Å². The molecule has 0 saturated carbocycles. The molecule has 29 heavy (non-hydrogen) atoms. The fourth-order valence-electron chi connectivity index (χ4n) is 4.51. The van der Waals surface area contributed by atoms with Gasteiger partial charge in [0.25, 0.3) is 0 Å². The number of rotatable bonds is 16. The van der Waals surface area contributed by atoms with Gasteiger partial charge in [-0.15, -0.1) is 0 Å². The van der Waals surface area contributed by atoms with Crippen LogP contribution in [0.25, 0.3) is 0 Å². The summed E-state index contributed by atoms with van der Waals surface area (Å²) in [5.74, 6) is 0. The summed E-state index contributed by atoms with van der Waals surface area (Å²) in [6.45, 7) is 23.8. The molecule has 172 valence electrons. The molecule has 0 aromatic heterocycles. The maximum atomic E-state index is 7.59. The lowest BCUT2D eigenvalue weighted by Crippen LogP contribution is -2.56. The van der Waals surface area contributed by atoms with Crippen LogP contribution in [-0.4, -0.2) is 16.6 Å². The first-order valence-corrected chi connectivity index (χ1v) is 16.9. The predicted molar refractivity (Wildman–Crippen MR) is 140 cm³/mol. The Kier molecular flexibility index (Phi) is 14.7. The van der Waals surface area contributed by atoms with Gasteiger partial charge in [0.05, 0.1) is 0 Å². The van der Waals surface area contributed by atoms with Gasteiger partial charge >= 0.3 is 0 Å². The van der Waals surface area contributed by atoms with Crippen LogP contribution in [0, 0.1) is 0 Å². The van der Waals surface area contributed by atoms with Gasteiger partial charge in [-0.1, -0.05) is 118 Å². The monoisotopic (exact) mass is 438 g/mol. The molecule has 0 fully saturated rings. The first-order valence-electron chi connectivity index (χ1n) is 12.7. The third kappa shape index (κ3) is 8.87. The van der Waals surface area contributed by atoms with Gasteiger partial charge in [0.2, 0.25) is 16.6 Å². The molecule has 0 spiro atoms. The Balaban J connectivity index is 5.90. The Hall–Kier alpha value is -0.126. The highest BCUT2D eigenvalue weighted by Gasteiger charge is 2.50. The average molecular weight is 439 g/mol. The van der Waals surface area contributed by atoms with Crippen LogP contribution in [0.2, 0.25) is 22.2 Å². The zero-order valence-corrected chi connectivity index (χ0v) is 23.7. The fourth-order valence-corrected chi connectivity index (χ4v) is 16.5. The van der Waals surface area contributed by atoms with Crippen molar-refractivity contribution in [2.45, 2.75) is 143 Å². The zero-order chi connectivity index (χ0) is 22.5. The van der Waals surface area contributed by atoms with Crippen LogP contribution >= 0.6 is 0 Å². The molecular weight excluding hydrogens is 384 g/mol. The molecule has 3 heteroatoms. The van der Waals surface area contributed by atoms with Crippen molar-refractivity contribution >= 4 is 16.6 Å². The van der Waals surface area contributed by atoms with E-state index in [0.717, 1.165) is 0 Å². The van der Waals surface area contributed by atoms with E-state index in [1.807, 2.05) is 0 Å². The number of unbranched alkanes of at least 4 members (excludes halogenated alkanes) is 6. The summed E-state index contributed by atoms with van der Waals surface area (Å²) in [7, 11) is -4.03. The van der Waals surface area contributed by atoms with Gasteiger partial charge in [-0.25, -0.2) is 0 Å². The Morgan fingerprint density at radius 2 is 0.862 bits per heavy atom. The quantitative estimate of drug-likeness (QED) is 0.172. The van der Waals surface area contributed by atoms with Gasteiger partial charge in [-0.05, 0) is 47.8 Å². The lowest BCUT2D eigenvalue weighted by atomic mass is 10.2. The Bertz CT molecular complexity index is 405. The van der Waals surface area contributed by atoms with Gasteiger partial charge in [0, 0.05) is 0 Å². The molecule has 0 aliphatic heterocycles. The van der Waals surface area contributed by atoms with E-state index < -0.39 is 16.6 Å². The molecule has 0 radical (unpaired) electrons. The number of hydrogen-bond acceptors (Lipinski definition) is 1. The molecular formula is C26H54OSi2. The highest BCUT2D eigenvalue weighted by atomic mass is 28.4. The summed E-state index contributed by atoms with van der Waals surface area (Å²) in [5, 5.41) is 0. The molecule has 0 bridgehead atoms. The Morgan fingerprint density at radius 3 is 1.10 bits per heavy atom. The summed E-state index contributed by atoms with van der Waals surface area (Å²) in [6, 6.07) is 0. The van der Waals surface area contributed by atoms with Crippen LogP contribution in [0.15, 0.2) is 23.6 Å². The molecule has 0 heterocycles. The van der Waals surface area contributed by atoms with Crippen molar-refractivity contribution in [2.75, 3.05) is 0 Å². The SMILES string of the molecule is CCCCC/C=C/[Si](O[Si](/C=C/CCCCC)(C(C)C)C(C)C)(C(C)C)C(C)C. The van der Waals surface area contributed by atoms with Gasteiger partial charge in [-0.2, -0.15) is 0 Å². The summed E-state index contributed by atoms with van der Waals surface area (Å²) in [4.78, 5) is 0. The van der Waals surface area contributed by atoms with Gasteiger partial charge < -0.3 is 4.12 Å². The molecule has 0 aromatic rings. The minimum Gasteiger partial charge on any atom is -0.448 e. The van der Waals surface area contributed by atoms with Gasteiger partial charge in [-0.3, -0.25) is 0 Å². The van der Waals surface area contributed by atoms with E-state index in [1.165, 1.54) is 51.4 Å². The molecule has 0 saturated heterocycles. The summed E-state index contributed by atoms with van der Waals surface area (Å²) in [6.07, 6.45) is 15.2. The molecule has 1 nitrogen and oxygen atoms in total. The zero-order valence-electron chi connectivity index (χ0n) is 21.7. The van der Waals surface area contributed by atoms with Gasteiger partial charge in [0.15, 0.2) is 0 Å². The third-order valence-corrected chi connectivity index (χ3v) is 18.2. The summed E-state index contributed by atoms with van der Waals surface area (Å²) in [5.41, 5.74) is 7.58. The highest BCUT2D eigenvalue weighted by molar-refractivity contribution is 6.94. The number of allylic oxidation sites excluding steroid dienone is 2. The lowest BCUT2D eigenvalue weighted by Gasteiger charge is -2.48. The van der Waals surface area contributed by atoms with Crippen LogP contribution < -0.4 is 0 Å². The molecule has 0 amide bonds. The van der Waals surface area contributed by atoms with Crippen molar-refractivity contribution < 1.29 is 4.12 Å². The third-order valence-electron chi connectivity index (χ3n) is 6.67. The van der Waals surface area contributed by atoms with Gasteiger partial charge in [0.1, 0.15) is 0 Å². The second-order valence-electron chi connectivity index (χ2n) is 10.2. The molecule has 0 atom stereocenters. The van der Waals surface area contributed by atoms with Crippen LogP contribution in [0.3, 0.4) is 0 Å². The largest absolute Gasteiger partial charge is 0.448 e. The van der Waals surface area contributed by atoms with Crippen molar-refractivity contribution in [1.29, 1.82) is 0 Å². The second kappa shape index (κ2) is 14.8. The standard InChI is InChI=1S/C26H54OSi2/c1-11-13-15-17-19-21-28(23(3)4,24(5)6)27-29(25(7)8,26(9)10)22-20-18-16-14-12-2/h19-26H,11-18H2,1-10H3/b21-19+,22-20+. The lowest BCUT2D eigenvalue weighted by molar-refractivity contribution is 0.478. The average Bonchev–Trinajstić information content (AvgIpc) is 2.64. The van der Waals surface area contributed by atoms with E-state index in [1.54, 1.807) is 0 Å². The first-order chi connectivity index (χ1) is 13.6. The van der Waals surface area contributed by atoms with E-state index in [9.17, 15) is 0 Å². The van der Waals surface area contributed by atoms with Crippen molar-refractivity contribution in [1.82, 2.24) is 0 Å². The molecule has 0 aliphatic carbocycles. The molecule has 0 aromatic carbocycles. The normalized spacial score (nSPS) is 14.0. The highest BCUT2D eigenvalue weighted by Crippen LogP contribution is 2.44. The minimum absolute atomic E-state index is 0.600. The maximum Gasteiger partial charge on any atom is 0.210 e. The molecule has 0 aliphatic rings. The van der Waals surface area contributed by atoms with Crippen LogP contribution in [0.5, 0.6) is 0 Å². The van der Waals surface area contributed by atoms with E-state index in [0.29, 0.717) is 22.2 Å². The minimum atomic E-state index is -2.02. The molecule has 0 rings (SSSR count). The van der Waals surface area contributed by atoms with E-state index in [4.69, 9.17) is 4.12 Å². The van der Waals surface area contributed by atoms with Crippen molar-refractivity contribution in [3.05, 3.63) is 23.6 Å². The summed E-state index contributed by atoms with van der Waals surface area (Å²) < 4.78 is 7.59. The fraction of sp³-hybridized carbons (Fsp3) is 0.846. The second-order valence-corrected chi connectivity index (χ2v) is 19.7. The first kappa shape index (κ1) is 28.9. The van der Waals surface area contributed by atoms with Crippen LogP contribution in [0.1, 0.15) is 121 Å². The molecule has 0 N–H and O–H groups in total. The Morgan fingerprint density at radius 1 is 0.552 bits per heavy atom. The van der Waals surface area contributed by atoms with Crippen LogP contribution in [-0.2, 0) is 4.12 Å². The van der Waals surface area contributed by atoms with Crippen molar-refractivity contribution in [3.8, 4) is 0 Å². The maximum absolute atomic E-state index is 7.59. The van der Waals surface area contributed by atoms with Crippen molar-refractivity contribution in [3.63, 3.8) is 0 Å². The molecule has 0 unspecified atom stereocenters. The van der Waals surface area contributed by atoms with E-state index in [-0.39, 0.29) is 0 Å². The predicted octanol–water partition coefficient (Wildman–Crippen LogP) is 9.89. The summed E-state index contributed by atoms with van der Waals surface area (Å²) >= 11 is 0. The smallest absolute Gasteiger partial charge is 0.210 e. The number of hydrogen-bond donors (Lipinski definition) is 0. The van der Waals surface area contributed by atoms with E-state index >= 15 is 0 Å². The van der Waals surface area contributed by atoms with Crippen molar-refractivity contribution in [2.24, 2.45) is 0 Å². The topological polar surface area (TPSA) is 9.23 Å². The van der Waals surface area contributed by atoms with E-state index in [2.05, 4.69) is 92.8 Å². The van der Waals surface area contributed by atoms with Crippen LogP contribution in [0.4, 0.5) is 0 Å².